The first-order chi connectivity index (χ1) is 9.99. The largest absolute Gasteiger partial charge is 0.480 e. The van der Waals surface area contributed by atoms with Crippen molar-refractivity contribution in [2.45, 2.75) is 45.4 Å². The monoisotopic (exact) mass is 291 g/mol. The van der Waals surface area contributed by atoms with Crippen molar-refractivity contribution in [1.82, 2.24) is 4.90 Å². The molecule has 1 aromatic rings. The Balaban J connectivity index is 2.12. The molecule has 21 heavy (non-hydrogen) atoms. The molecule has 0 aliphatic carbocycles. The number of carboxylic acids is 1. The minimum atomic E-state index is -1.01. The summed E-state index contributed by atoms with van der Waals surface area (Å²) in [5.74, 6) is -0.563. The van der Waals surface area contributed by atoms with Crippen LogP contribution in [-0.2, 0) is 16.1 Å². The molecule has 5 nitrogen and oxygen atoms in total. The van der Waals surface area contributed by atoms with Crippen molar-refractivity contribution in [2.24, 2.45) is 5.92 Å². The number of hydrogen-bond acceptors (Lipinski definition) is 3. The second-order valence-electron chi connectivity index (χ2n) is 5.79. The molecule has 1 saturated heterocycles. The molecule has 114 valence electrons. The van der Waals surface area contributed by atoms with E-state index in [0.29, 0.717) is 12.3 Å². The summed E-state index contributed by atoms with van der Waals surface area (Å²) in [6, 6.07) is 8.44. The number of carbonyl (C=O) groups excluding carboxylic acids is 1. The summed E-state index contributed by atoms with van der Waals surface area (Å²) in [6.45, 7) is 4.39. The summed E-state index contributed by atoms with van der Waals surface area (Å²) in [5.41, 5.74) is 0.894. The van der Waals surface area contributed by atoms with E-state index in [1.165, 1.54) is 4.90 Å². The Morgan fingerprint density at radius 1 is 1.33 bits per heavy atom. The van der Waals surface area contributed by atoms with Gasteiger partial charge < -0.3 is 9.84 Å². The molecule has 0 aromatic heterocycles. The molecular weight excluding hydrogens is 270 g/mol. The third-order valence-corrected chi connectivity index (χ3v) is 3.65. The number of hydrogen-bond donors (Lipinski definition) is 1. The molecule has 2 rings (SSSR count). The van der Waals surface area contributed by atoms with Crippen LogP contribution in [0.2, 0.25) is 0 Å². The molecule has 0 saturated carbocycles. The fourth-order valence-electron chi connectivity index (χ4n) is 2.53. The van der Waals surface area contributed by atoms with Gasteiger partial charge in [0.25, 0.3) is 0 Å². The van der Waals surface area contributed by atoms with Gasteiger partial charge in [0.2, 0.25) is 0 Å². The number of rotatable bonds is 6. The lowest BCUT2D eigenvalue weighted by Gasteiger charge is -2.21. The third kappa shape index (κ3) is 3.74. The van der Waals surface area contributed by atoms with Gasteiger partial charge >= 0.3 is 12.1 Å². The van der Waals surface area contributed by atoms with Crippen LogP contribution in [-0.4, -0.2) is 34.2 Å². The van der Waals surface area contributed by atoms with E-state index in [4.69, 9.17) is 4.74 Å². The highest BCUT2D eigenvalue weighted by molar-refractivity contribution is 5.83. The second-order valence-corrected chi connectivity index (χ2v) is 5.79. The van der Waals surface area contributed by atoms with Crippen molar-refractivity contribution in [3.05, 3.63) is 35.9 Å². The number of carbonyl (C=O) groups is 2. The minimum absolute atomic E-state index is 0.259. The number of aliphatic carboxylic acids is 1. The smallest absolute Gasteiger partial charge is 0.411 e. The first-order valence-electron chi connectivity index (χ1n) is 7.23. The zero-order valence-electron chi connectivity index (χ0n) is 12.4. The van der Waals surface area contributed by atoms with Crippen LogP contribution in [0.3, 0.4) is 0 Å². The van der Waals surface area contributed by atoms with E-state index in [0.717, 1.165) is 12.0 Å². The molecule has 1 aliphatic heterocycles. The lowest BCUT2D eigenvalue weighted by Crippen LogP contribution is -2.42. The summed E-state index contributed by atoms with van der Waals surface area (Å²) >= 11 is 0. The van der Waals surface area contributed by atoms with Crippen LogP contribution in [0.5, 0.6) is 0 Å². The lowest BCUT2D eigenvalue weighted by molar-refractivity contribution is -0.143. The molecule has 1 aliphatic rings. The zero-order chi connectivity index (χ0) is 15.4. The highest BCUT2D eigenvalue weighted by atomic mass is 16.6. The molecule has 0 spiro atoms. The minimum Gasteiger partial charge on any atom is -0.480 e. The fourth-order valence-corrected chi connectivity index (χ4v) is 2.53. The van der Waals surface area contributed by atoms with Crippen molar-refractivity contribution in [3.8, 4) is 0 Å². The summed E-state index contributed by atoms with van der Waals surface area (Å²) < 4.78 is 5.28. The average Bonchev–Trinajstić information content (AvgIpc) is 2.74. The number of carboxylic acid groups (broad SMARTS) is 1. The number of cyclic esters (lactones) is 1. The van der Waals surface area contributed by atoms with Gasteiger partial charge in [0.15, 0.2) is 6.04 Å². The van der Waals surface area contributed by atoms with Crippen molar-refractivity contribution in [2.75, 3.05) is 0 Å². The molecule has 0 radical (unpaired) electrons. The fraction of sp³-hybridized carbons (Fsp3) is 0.500. The van der Waals surface area contributed by atoms with Gasteiger partial charge in [-0.15, -0.1) is 0 Å². The van der Waals surface area contributed by atoms with E-state index in [-0.39, 0.29) is 6.54 Å². The molecule has 0 bridgehead atoms. The maximum Gasteiger partial charge on any atom is 0.411 e. The summed E-state index contributed by atoms with van der Waals surface area (Å²) in [6.07, 6.45) is 0.299. The Morgan fingerprint density at radius 3 is 2.57 bits per heavy atom. The van der Waals surface area contributed by atoms with Gasteiger partial charge in [-0.2, -0.15) is 0 Å². The van der Waals surface area contributed by atoms with Crippen LogP contribution in [0.25, 0.3) is 0 Å². The van der Waals surface area contributed by atoms with Gasteiger partial charge in [-0.25, -0.2) is 9.59 Å². The zero-order valence-corrected chi connectivity index (χ0v) is 12.4. The normalized spacial score (nSPS) is 21.7. The highest BCUT2D eigenvalue weighted by Crippen LogP contribution is 2.26. The van der Waals surface area contributed by atoms with Gasteiger partial charge in [-0.05, 0) is 24.3 Å². The molecule has 2 atom stereocenters. The molecule has 0 unspecified atom stereocenters. The van der Waals surface area contributed by atoms with Gasteiger partial charge in [-0.1, -0.05) is 44.2 Å². The Labute approximate surface area is 124 Å². The Kier molecular flexibility index (Phi) is 4.83. The van der Waals surface area contributed by atoms with E-state index in [1.807, 2.05) is 30.3 Å². The van der Waals surface area contributed by atoms with Gasteiger partial charge in [0, 0.05) is 0 Å². The number of ether oxygens (including phenoxy) is 1. The molecule has 1 heterocycles. The first-order valence-corrected chi connectivity index (χ1v) is 7.23. The topological polar surface area (TPSA) is 66.8 Å². The van der Waals surface area contributed by atoms with E-state index in [1.54, 1.807) is 0 Å². The van der Waals surface area contributed by atoms with Crippen molar-refractivity contribution in [1.29, 1.82) is 0 Å². The van der Waals surface area contributed by atoms with E-state index >= 15 is 0 Å². The van der Waals surface area contributed by atoms with Crippen molar-refractivity contribution in [3.63, 3.8) is 0 Å². The average molecular weight is 291 g/mol. The van der Waals surface area contributed by atoms with E-state index < -0.39 is 24.2 Å². The van der Waals surface area contributed by atoms with Crippen LogP contribution in [0.15, 0.2) is 30.3 Å². The standard InChI is InChI=1S/C16H21NO4/c1-11(2)8-9-13-14(15(18)19)17(16(20)21-13)10-12-6-4-3-5-7-12/h3-7,11,13-14H,8-10H2,1-2H3,(H,18,19)/t13-,14+/m0/s1. The summed E-state index contributed by atoms with van der Waals surface area (Å²) in [5, 5.41) is 9.44. The van der Waals surface area contributed by atoms with Gasteiger partial charge in [0.05, 0.1) is 6.54 Å². The molecular formula is C16H21NO4. The SMILES string of the molecule is CC(C)CC[C@@H]1OC(=O)N(Cc2ccccc2)[C@H]1C(=O)O. The van der Waals surface area contributed by atoms with Crippen LogP contribution in [0.4, 0.5) is 4.79 Å². The number of benzene rings is 1. The highest BCUT2D eigenvalue weighted by Gasteiger charge is 2.45. The predicted molar refractivity (Wildman–Crippen MR) is 77.7 cm³/mol. The third-order valence-electron chi connectivity index (χ3n) is 3.65. The quantitative estimate of drug-likeness (QED) is 0.875. The molecule has 5 heteroatoms. The molecule has 1 amide bonds. The number of amides is 1. The van der Waals surface area contributed by atoms with Crippen LogP contribution in [0.1, 0.15) is 32.3 Å². The van der Waals surface area contributed by atoms with Crippen molar-refractivity contribution < 1.29 is 19.4 Å². The predicted octanol–water partition coefficient (Wildman–Crippen LogP) is 2.90. The summed E-state index contributed by atoms with van der Waals surface area (Å²) in [4.78, 5) is 24.8. The number of nitrogens with zero attached hydrogens (tertiary/aromatic N) is 1. The van der Waals surface area contributed by atoms with Gasteiger partial charge in [0.1, 0.15) is 6.10 Å². The summed E-state index contributed by atoms with van der Waals surface area (Å²) in [7, 11) is 0. The molecule has 1 fully saturated rings. The lowest BCUT2D eigenvalue weighted by atomic mass is 10.00. The van der Waals surface area contributed by atoms with Crippen LogP contribution < -0.4 is 0 Å². The second kappa shape index (κ2) is 6.61. The van der Waals surface area contributed by atoms with Crippen LogP contribution in [0, 0.1) is 5.92 Å². The van der Waals surface area contributed by atoms with E-state index in [9.17, 15) is 14.7 Å². The van der Waals surface area contributed by atoms with Crippen molar-refractivity contribution >= 4 is 12.1 Å². The Bertz CT molecular complexity index is 500. The maximum atomic E-state index is 12.0. The Hall–Kier alpha value is -2.04. The van der Waals surface area contributed by atoms with Gasteiger partial charge in [-0.3, -0.25) is 4.90 Å². The first kappa shape index (κ1) is 15.4. The molecule has 1 aromatic carbocycles. The van der Waals surface area contributed by atoms with E-state index in [2.05, 4.69) is 13.8 Å². The Morgan fingerprint density at radius 2 is 2.00 bits per heavy atom. The molecule has 1 N–H and O–H groups in total. The maximum absolute atomic E-state index is 12.0. The van der Waals surface area contributed by atoms with Crippen LogP contribution >= 0.6 is 0 Å².